The third kappa shape index (κ3) is 1.81. The summed E-state index contributed by atoms with van der Waals surface area (Å²) >= 11 is 0. The van der Waals surface area contributed by atoms with Crippen LogP contribution < -0.4 is 5.32 Å². The van der Waals surface area contributed by atoms with Crippen molar-refractivity contribution < 1.29 is 9.47 Å². The van der Waals surface area contributed by atoms with Crippen molar-refractivity contribution in [1.29, 1.82) is 0 Å². The largest absolute Gasteiger partial charge is 0.367 e. The highest BCUT2D eigenvalue weighted by Gasteiger charge is 2.59. The molecule has 15 heavy (non-hydrogen) atoms. The Bertz CT molecular complexity index is 262. The van der Waals surface area contributed by atoms with Gasteiger partial charge < -0.3 is 14.8 Å². The van der Waals surface area contributed by atoms with Gasteiger partial charge in [0.15, 0.2) is 0 Å². The molecule has 2 aliphatic heterocycles. The van der Waals surface area contributed by atoms with Crippen molar-refractivity contribution >= 4 is 0 Å². The van der Waals surface area contributed by atoms with Gasteiger partial charge in [-0.2, -0.15) is 0 Å². The number of hydrogen-bond donors (Lipinski definition) is 1. The van der Waals surface area contributed by atoms with E-state index in [4.69, 9.17) is 9.47 Å². The highest BCUT2D eigenvalue weighted by Crippen LogP contribution is 2.48. The maximum Gasteiger partial charge on any atom is 0.112 e. The van der Waals surface area contributed by atoms with Crippen molar-refractivity contribution in [3.05, 3.63) is 0 Å². The summed E-state index contributed by atoms with van der Waals surface area (Å²) in [6, 6.07) is 0. The van der Waals surface area contributed by atoms with E-state index < -0.39 is 0 Å². The molecule has 3 nitrogen and oxygen atoms in total. The number of ether oxygens (including phenoxy) is 2. The third-order valence-corrected chi connectivity index (χ3v) is 3.61. The summed E-state index contributed by atoms with van der Waals surface area (Å²) in [6.07, 6.45) is 1.24. The van der Waals surface area contributed by atoms with Crippen LogP contribution in [0.15, 0.2) is 0 Å². The highest BCUT2D eigenvalue weighted by molar-refractivity contribution is 5.10. The molecule has 2 saturated heterocycles. The molecule has 0 aromatic heterocycles. The molecule has 2 atom stereocenters. The molecule has 0 aliphatic carbocycles. The fourth-order valence-corrected chi connectivity index (χ4v) is 3.13. The zero-order chi connectivity index (χ0) is 11.3. The molecule has 0 radical (unpaired) electrons. The topological polar surface area (TPSA) is 30.5 Å². The minimum Gasteiger partial charge on any atom is -0.367 e. The van der Waals surface area contributed by atoms with Crippen molar-refractivity contribution in [2.24, 2.45) is 0 Å². The first-order chi connectivity index (χ1) is 6.77. The quantitative estimate of drug-likeness (QED) is 0.664. The molecule has 0 aromatic rings. The second kappa shape index (κ2) is 3.19. The molecule has 1 N–H and O–H groups in total. The van der Waals surface area contributed by atoms with E-state index in [-0.39, 0.29) is 22.9 Å². The molecule has 2 heterocycles. The smallest absolute Gasteiger partial charge is 0.112 e. The molecule has 0 amide bonds. The van der Waals surface area contributed by atoms with Crippen molar-refractivity contribution in [2.75, 3.05) is 13.1 Å². The van der Waals surface area contributed by atoms with Gasteiger partial charge in [0.05, 0.1) is 17.3 Å². The maximum absolute atomic E-state index is 6.20. The molecule has 88 valence electrons. The summed E-state index contributed by atoms with van der Waals surface area (Å²) in [5.74, 6) is 0. The van der Waals surface area contributed by atoms with Crippen LogP contribution in [0.3, 0.4) is 0 Å². The highest BCUT2D eigenvalue weighted by atomic mass is 16.6. The zero-order valence-electron chi connectivity index (χ0n) is 10.5. The van der Waals surface area contributed by atoms with E-state index in [9.17, 15) is 0 Å². The number of hydrogen-bond acceptors (Lipinski definition) is 3. The minimum atomic E-state index is -0.210. The Labute approximate surface area is 92.5 Å². The monoisotopic (exact) mass is 213 g/mol. The predicted molar refractivity (Wildman–Crippen MR) is 60.0 cm³/mol. The van der Waals surface area contributed by atoms with Gasteiger partial charge >= 0.3 is 0 Å². The Hall–Kier alpha value is -0.120. The van der Waals surface area contributed by atoms with Crippen LogP contribution in [0.2, 0.25) is 0 Å². The van der Waals surface area contributed by atoms with Crippen LogP contribution in [0.25, 0.3) is 0 Å². The summed E-state index contributed by atoms with van der Waals surface area (Å²) in [5, 5.41) is 3.46. The van der Waals surface area contributed by atoms with Gasteiger partial charge in [-0.25, -0.2) is 0 Å². The zero-order valence-corrected chi connectivity index (χ0v) is 10.5. The summed E-state index contributed by atoms with van der Waals surface area (Å²) in [4.78, 5) is 0. The van der Waals surface area contributed by atoms with E-state index in [0.717, 1.165) is 19.5 Å². The Morgan fingerprint density at radius 1 is 1.20 bits per heavy atom. The molecule has 2 rings (SSSR count). The average Bonchev–Trinajstić information content (AvgIpc) is 2.15. The lowest BCUT2D eigenvalue weighted by molar-refractivity contribution is -0.182. The fourth-order valence-electron chi connectivity index (χ4n) is 3.13. The van der Waals surface area contributed by atoms with Crippen molar-refractivity contribution in [3.8, 4) is 0 Å². The van der Waals surface area contributed by atoms with Gasteiger partial charge in [-0.3, -0.25) is 0 Å². The van der Waals surface area contributed by atoms with Crippen LogP contribution in [0.1, 0.15) is 41.0 Å². The van der Waals surface area contributed by atoms with Crippen LogP contribution in [0.4, 0.5) is 0 Å². The van der Waals surface area contributed by atoms with Gasteiger partial charge in [0.1, 0.15) is 5.60 Å². The van der Waals surface area contributed by atoms with Gasteiger partial charge in [-0.15, -0.1) is 0 Å². The molecule has 0 aromatic carbocycles. The first kappa shape index (κ1) is 11.4. The van der Waals surface area contributed by atoms with Gasteiger partial charge in [0.2, 0.25) is 0 Å². The first-order valence-corrected chi connectivity index (χ1v) is 5.85. The second-order valence-corrected chi connectivity index (χ2v) is 6.10. The molecule has 0 bridgehead atoms. The molecular formula is C12H23NO2. The number of morpholine rings is 1. The van der Waals surface area contributed by atoms with Crippen LogP contribution in [0, 0.1) is 0 Å². The lowest BCUT2D eigenvalue weighted by Gasteiger charge is -2.45. The van der Waals surface area contributed by atoms with E-state index in [0.29, 0.717) is 0 Å². The van der Waals surface area contributed by atoms with Gasteiger partial charge in [0.25, 0.3) is 0 Å². The van der Waals surface area contributed by atoms with Crippen LogP contribution >= 0.6 is 0 Å². The van der Waals surface area contributed by atoms with E-state index in [1.807, 2.05) is 0 Å². The van der Waals surface area contributed by atoms with E-state index >= 15 is 0 Å². The molecule has 2 aliphatic rings. The molecule has 3 heteroatoms. The Morgan fingerprint density at radius 2 is 1.87 bits per heavy atom. The van der Waals surface area contributed by atoms with Gasteiger partial charge in [-0.05, 0) is 34.6 Å². The number of rotatable bonds is 0. The lowest BCUT2D eigenvalue weighted by Crippen LogP contribution is -2.61. The second-order valence-electron chi connectivity index (χ2n) is 6.10. The summed E-state index contributed by atoms with van der Waals surface area (Å²) < 4.78 is 12.3. The molecule has 2 unspecified atom stereocenters. The van der Waals surface area contributed by atoms with Crippen LogP contribution in [-0.4, -0.2) is 36.0 Å². The maximum atomic E-state index is 6.20. The summed E-state index contributed by atoms with van der Waals surface area (Å²) in [7, 11) is 0. The summed E-state index contributed by atoms with van der Waals surface area (Å²) in [5.41, 5.74) is -0.450. The van der Waals surface area contributed by atoms with E-state index in [1.54, 1.807) is 0 Å². The van der Waals surface area contributed by atoms with Crippen LogP contribution in [0.5, 0.6) is 0 Å². The van der Waals surface area contributed by atoms with Crippen molar-refractivity contribution in [2.45, 2.75) is 63.9 Å². The lowest BCUT2D eigenvalue weighted by atomic mass is 9.81. The average molecular weight is 213 g/mol. The summed E-state index contributed by atoms with van der Waals surface area (Å²) in [6.45, 7) is 12.5. The van der Waals surface area contributed by atoms with E-state index in [2.05, 4.69) is 39.9 Å². The molecule has 0 saturated carbocycles. The SMILES string of the molecule is CC1CNCC2(CC(C)(C)OC2(C)C)O1. The van der Waals surface area contributed by atoms with Gasteiger partial charge in [-0.1, -0.05) is 0 Å². The van der Waals surface area contributed by atoms with E-state index in [1.165, 1.54) is 0 Å². The van der Waals surface area contributed by atoms with Gasteiger partial charge in [0, 0.05) is 19.5 Å². The molecule has 2 fully saturated rings. The Balaban J connectivity index is 2.26. The standard InChI is InChI=1S/C12H23NO2/c1-9-6-13-8-12(14-9)7-10(2,3)15-11(12,4)5/h9,13H,6-8H2,1-5H3. The first-order valence-electron chi connectivity index (χ1n) is 5.85. The van der Waals surface area contributed by atoms with Crippen LogP contribution in [-0.2, 0) is 9.47 Å². The number of nitrogens with one attached hydrogen (secondary N) is 1. The molecular weight excluding hydrogens is 190 g/mol. The Morgan fingerprint density at radius 3 is 2.33 bits per heavy atom. The van der Waals surface area contributed by atoms with Crippen molar-refractivity contribution in [1.82, 2.24) is 5.32 Å². The van der Waals surface area contributed by atoms with Crippen molar-refractivity contribution in [3.63, 3.8) is 0 Å². The third-order valence-electron chi connectivity index (χ3n) is 3.61. The predicted octanol–water partition coefficient (Wildman–Crippen LogP) is 1.71. The molecule has 1 spiro atoms. The Kier molecular flexibility index (Phi) is 2.42. The minimum absolute atomic E-state index is 0.0811. The normalized spacial score (nSPS) is 43.4. The fraction of sp³-hybridized carbons (Fsp3) is 1.00.